The highest BCUT2D eigenvalue weighted by Gasteiger charge is 2.20. The molecule has 3 rings (SSSR count). The highest BCUT2D eigenvalue weighted by molar-refractivity contribution is 5.46. The number of aromatic nitrogens is 1. The van der Waals surface area contributed by atoms with Gasteiger partial charge in [-0.2, -0.15) is 0 Å². The number of anilines is 1. The third-order valence-electron chi connectivity index (χ3n) is 3.45. The molecular formula is C14H17N3O. The Balaban J connectivity index is 1.74. The summed E-state index contributed by atoms with van der Waals surface area (Å²) in [4.78, 5) is 6.74. The summed E-state index contributed by atoms with van der Waals surface area (Å²) >= 11 is 0. The summed E-state index contributed by atoms with van der Waals surface area (Å²) in [7, 11) is 0. The van der Waals surface area contributed by atoms with E-state index in [4.69, 9.17) is 10.2 Å². The van der Waals surface area contributed by atoms with E-state index >= 15 is 0 Å². The normalized spacial score (nSPS) is 15.0. The molecule has 0 bridgehead atoms. The van der Waals surface area contributed by atoms with Crippen LogP contribution in [0.2, 0.25) is 0 Å². The van der Waals surface area contributed by atoms with E-state index in [2.05, 4.69) is 22.0 Å². The molecule has 0 radical (unpaired) electrons. The second kappa shape index (κ2) is 4.14. The molecule has 18 heavy (non-hydrogen) atoms. The number of hydrogen-bond donors (Lipinski definition) is 1. The molecule has 0 saturated heterocycles. The van der Waals surface area contributed by atoms with E-state index in [1.54, 1.807) is 0 Å². The molecule has 2 heterocycles. The van der Waals surface area contributed by atoms with Crippen LogP contribution in [0, 0.1) is 13.8 Å². The summed E-state index contributed by atoms with van der Waals surface area (Å²) in [6, 6.07) is 6.12. The Kier molecular flexibility index (Phi) is 2.59. The fraction of sp³-hybridized carbons (Fsp3) is 0.357. The maximum Gasteiger partial charge on any atom is 0.208 e. The van der Waals surface area contributed by atoms with Gasteiger partial charge in [-0.3, -0.25) is 4.90 Å². The summed E-state index contributed by atoms with van der Waals surface area (Å²) in [6.07, 6.45) is 0. The number of rotatable bonds is 2. The number of nitrogens with two attached hydrogens (primary N) is 1. The van der Waals surface area contributed by atoms with E-state index in [1.807, 2.05) is 19.9 Å². The topological polar surface area (TPSA) is 55.3 Å². The Morgan fingerprint density at radius 3 is 2.78 bits per heavy atom. The van der Waals surface area contributed by atoms with E-state index in [1.165, 1.54) is 11.1 Å². The van der Waals surface area contributed by atoms with Crippen molar-refractivity contribution in [3.8, 4) is 0 Å². The number of nitrogens with zero attached hydrogens (tertiary/aromatic N) is 2. The minimum atomic E-state index is 0.753. The molecule has 2 N–H and O–H groups in total. The third kappa shape index (κ3) is 1.99. The zero-order chi connectivity index (χ0) is 12.7. The van der Waals surface area contributed by atoms with Gasteiger partial charge in [0.15, 0.2) is 0 Å². The number of oxazole rings is 1. The Morgan fingerprint density at radius 2 is 2.06 bits per heavy atom. The van der Waals surface area contributed by atoms with E-state index in [9.17, 15) is 0 Å². The molecule has 2 aromatic rings. The minimum absolute atomic E-state index is 0.753. The molecule has 0 aliphatic carbocycles. The molecular weight excluding hydrogens is 226 g/mol. The average Bonchev–Trinajstić information content (AvgIpc) is 2.82. The molecule has 94 valence electrons. The first-order chi connectivity index (χ1) is 8.61. The molecule has 0 atom stereocenters. The quantitative estimate of drug-likeness (QED) is 0.823. The van der Waals surface area contributed by atoms with Crippen LogP contribution in [-0.4, -0.2) is 9.88 Å². The van der Waals surface area contributed by atoms with Gasteiger partial charge in [-0.1, -0.05) is 6.07 Å². The lowest BCUT2D eigenvalue weighted by molar-refractivity contribution is 0.243. The number of hydrogen-bond acceptors (Lipinski definition) is 4. The minimum Gasteiger partial charge on any atom is -0.444 e. The first kappa shape index (κ1) is 11.3. The van der Waals surface area contributed by atoms with Gasteiger partial charge in [0, 0.05) is 18.8 Å². The van der Waals surface area contributed by atoms with Crippen molar-refractivity contribution in [3.05, 3.63) is 46.7 Å². The first-order valence-corrected chi connectivity index (χ1v) is 6.14. The molecule has 1 aromatic carbocycles. The van der Waals surface area contributed by atoms with Crippen LogP contribution in [0.3, 0.4) is 0 Å². The van der Waals surface area contributed by atoms with Crippen molar-refractivity contribution in [2.45, 2.75) is 33.5 Å². The van der Waals surface area contributed by atoms with Crippen molar-refractivity contribution in [2.75, 3.05) is 5.73 Å². The summed E-state index contributed by atoms with van der Waals surface area (Å²) in [6.45, 7) is 6.53. The van der Waals surface area contributed by atoms with Crippen molar-refractivity contribution >= 4 is 5.69 Å². The number of benzene rings is 1. The summed E-state index contributed by atoms with van der Waals surface area (Å²) in [5.74, 6) is 1.71. The van der Waals surface area contributed by atoms with Crippen LogP contribution in [0.5, 0.6) is 0 Å². The van der Waals surface area contributed by atoms with Crippen molar-refractivity contribution in [2.24, 2.45) is 0 Å². The number of fused-ring (bicyclic) bond motifs is 1. The van der Waals surface area contributed by atoms with Gasteiger partial charge < -0.3 is 10.2 Å². The molecule has 0 fully saturated rings. The van der Waals surface area contributed by atoms with Crippen LogP contribution in [0.15, 0.2) is 22.6 Å². The Hall–Kier alpha value is -1.81. The highest BCUT2D eigenvalue weighted by Crippen LogP contribution is 2.26. The molecule has 1 aliphatic heterocycles. The number of aryl methyl sites for hydroxylation is 2. The van der Waals surface area contributed by atoms with Gasteiger partial charge in [-0.05, 0) is 37.1 Å². The van der Waals surface area contributed by atoms with Crippen LogP contribution in [0.4, 0.5) is 5.69 Å². The van der Waals surface area contributed by atoms with Gasteiger partial charge in [-0.25, -0.2) is 4.98 Å². The number of nitrogen functional groups attached to an aromatic ring is 1. The van der Waals surface area contributed by atoms with Crippen molar-refractivity contribution in [1.29, 1.82) is 0 Å². The highest BCUT2D eigenvalue weighted by atomic mass is 16.4. The average molecular weight is 243 g/mol. The predicted octanol–water partition coefficient (Wildman–Crippen LogP) is 2.39. The van der Waals surface area contributed by atoms with Crippen molar-refractivity contribution < 1.29 is 4.42 Å². The lowest BCUT2D eigenvalue weighted by Gasteiger charge is -2.11. The zero-order valence-corrected chi connectivity index (χ0v) is 10.7. The SMILES string of the molecule is Cc1nc(CN2Cc3ccc(N)cc3C2)oc1C. The zero-order valence-electron chi connectivity index (χ0n) is 10.7. The van der Waals surface area contributed by atoms with E-state index in [0.29, 0.717) is 0 Å². The van der Waals surface area contributed by atoms with Crippen LogP contribution in [0.25, 0.3) is 0 Å². The Bertz CT molecular complexity index is 569. The maximum atomic E-state index is 5.80. The van der Waals surface area contributed by atoms with Crippen molar-refractivity contribution in [1.82, 2.24) is 9.88 Å². The summed E-state index contributed by atoms with van der Waals surface area (Å²) in [5.41, 5.74) is 10.3. The fourth-order valence-electron chi connectivity index (χ4n) is 2.39. The van der Waals surface area contributed by atoms with Crippen molar-refractivity contribution in [3.63, 3.8) is 0 Å². The molecule has 0 saturated carbocycles. The molecule has 4 nitrogen and oxygen atoms in total. The van der Waals surface area contributed by atoms with E-state index in [0.717, 1.165) is 42.7 Å². The predicted molar refractivity (Wildman–Crippen MR) is 69.8 cm³/mol. The van der Waals surface area contributed by atoms with Gasteiger partial charge >= 0.3 is 0 Å². The molecule has 1 aromatic heterocycles. The summed E-state index contributed by atoms with van der Waals surface area (Å²) < 4.78 is 5.62. The van der Waals surface area contributed by atoms with Gasteiger partial charge in [-0.15, -0.1) is 0 Å². The molecule has 0 amide bonds. The fourth-order valence-corrected chi connectivity index (χ4v) is 2.39. The lowest BCUT2D eigenvalue weighted by Crippen LogP contribution is -2.15. The second-order valence-corrected chi connectivity index (χ2v) is 4.92. The van der Waals surface area contributed by atoms with Gasteiger partial charge in [0.2, 0.25) is 5.89 Å². The third-order valence-corrected chi connectivity index (χ3v) is 3.45. The van der Waals surface area contributed by atoms with E-state index < -0.39 is 0 Å². The molecule has 1 aliphatic rings. The van der Waals surface area contributed by atoms with Crippen LogP contribution >= 0.6 is 0 Å². The van der Waals surface area contributed by atoms with Gasteiger partial charge in [0.05, 0.1) is 12.2 Å². The summed E-state index contributed by atoms with van der Waals surface area (Å²) in [5, 5.41) is 0. The van der Waals surface area contributed by atoms with Crippen LogP contribution < -0.4 is 5.73 Å². The smallest absolute Gasteiger partial charge is 0.208 e. The molecule has 0 unspecified atom stereocenters. The first-order valence-electron chi connectivity index (χ1n) is 6.14. The maximum absolute atomic E-state index is 5.80. The Morgan fingerprint density at radius 1 is 1.28 bits per heavy atom. The molecule has 0 spiro atoms. The monoisotopic (exact) mass is 243 g/mol. The molecule has 4 heteroatoms. The largest absolute Gasteiger partial charge is 0.444 e. The van der Waals surface area contributed by atoms with Crippen LogP contribution in [0.1, 0.15) is 28.5 Å². The van der Waals surface area contributed by atoms with Gasteiger partial charge in [0.25, 0.3) is 0 Å². The Labute approximate surface area is 106 Å². The lowest BCUT2D eigenvalue weighted by atomic mass is 10.1. The van der Waals surface area contributed by atoms with Gasteiger partial charge in [0.1, 0.15) is 5.76 Å². The van der Waals surface area contributed by atoms with Crippen LogP contribution in [-0.2, 0) is 19.6 Å². The van der Waals surface area contributed by atoms with E-state index in [-0.39, 0.29) is 0 Å². The standard InChI is InChI=1S/C14H17N3O/c1-9-10(2)18-14(16-9)8-17-6-11-3-4-13(15)5-12(11)7-17/h3-5H,6-8,15H2,1-2H3. The second-order valence-electron chi connectivity index (χ2n) is 4.92.